The lowest BCUT2D eigenvalue weighted by Crippen LogP contribution is -2.25. The van der Waals surface area contributed by atoms with E-state index >= 15 is 0 Å². The number of rotatable bonds is 24. The fourth-order valence-electron chi connectivity index (χ4n) is 2.72. The molecular weight excluding hydrogens is 375 g/mol. The van der Waals surface area contributed by atoms with Crippen molar-refractivity contribution >= 4 is 8.38 Å². The molecule has 0 amide bonds. The summed E-state index contributed by atoms with van der Waals surface area (Å²) >= 11 is 0. The van der Waals surface area contributed by atoms with Gasteiger partial charge in [-0.25, -0.2) is 0 Å². The lowest BCUT2D eigenvalue weighted by atomic mass is 10.3. The van der Waals surface area contributed by atoms with Gasteiger partial charge in [0.05, 0.1) is 6.61 Å². The van der Waals surface area contributed by atoms with Crippen molar-refractivity contribution in [2.75, 3.05) is 79.3 Å². The van der Waals surface area contributed by atoms with Gasteiger partial charge < -0.3 is 35.4 Å². The third-order valence-electron chi connectivity index (χ3n) is 4.35. The number of unbranched alkanes of at least 4 members (excludes halogenated alkanes) is 3. The summed E-state index contributed by atoms with van der Waals surface area (Å²) in [6.07, 6.45) is 9.31. The Bertz CT molecular complexity index is 290. The van der Waals surface area contributed by atoms with Gasteiger partial charge in [0.1, 0.15) is 0 Å². The van der Waals surface area contributed by atoms with E-state index < -0.39 is 8.38 Å². The Morgan fingerprint density at radius 1 is 0.571 bits per heavy atom. The largest absolute Gasteiger partial charge is 0.385 e. The van der Waals surface area contributed by atoms with E-state index in [0.717, 1.165) is 78.2 Å². The maximum absolute atomic E-state index is 9.04. The van der Waals surface area contributed by atoms with Crippen molar-refractivity contribution in [2.45, 2.75) is 51.4 Å². The molecular formula is C20H47N4O3P. The maximum Gasteiger partial charge on any atom is 0.164 e. The molecule has 0 rings (SSSR count). The Morgan fingerprint density at radius 3 is 1.32 bits per heavy atom. The van der Waals surface area contributed by atoms with Crippen molar-refractivity contribution in [3.8, 4) is 0 Å². The minimum Gasteiger partial charge on any atom is -0.385 e. The first-order chi connectivity index (χ1) is 13.8. The smallest absolute Gasteiger partial charge is 0.164 e. The predicted octanol–water partition coefficient (Wildman–Crippen LogP) is 2.06. The highest BCUT2D eigenvalue weighted by molar-refractivity contribution is 7.45. The predicted molar refractivity (Wildman–Crippen MR) is 121 cm³/mol. The van der Waals surface area contributed by atoms with Crippen LogP contribution in [0.15, 0.2) is 0 Å². The van der Waals surface area contributed by atoms with E-state index in [-0.39, 0.29) is 0 Å². The molecule has 0 radical (unpaired) electrons. The molecule has 0 saturated heterocycles. The van der Waals surface area contributed by atoms with Gasteiger partial charge in [-0.3, -0.25) is 0 Å². The van der Waals surface area contributed by atoms with Crippen LogP contribution < -0.4 is 21.3 Å². The van der Waals surface area contributed by atoms with Crippen LogP contribution in [0.25, 0.3) is 0 Å². The normalized spacial score (nSPS) is 12.5. The van der Waals surface area contributed by atoms with Gasteiger partial charge in [-0.05, 0) is 104 Å². The minimum absolute atomic E-state index is 0.670. The second-order valence-corrected chi connectivity index (χ2v) is 8.31. The second kappa shape index (κ2) is 25.2. The number of nitrogens with one attached hydrogen (secondary N) is 4. The van der Waals surface area contributed by atoms with Crippen molar-refractivity contribution < 1.29 is 14.2 Å². The van der Waals surface area contributed by atoms with Crippen LogP contribution in [-0.4, -0.2) is 84.2 Å². The van der Waals surface area contributed by atoms with Crippen LogP contribution in [0.2, 0.25) is 0 Å². The van der Waals surface area contributed by atoms with Gasteiger partial charge in [0.25, 0.3) is 0 Å². The number of hydrogen-bond donors (Lipinski definition) is 5. The Kier molecular flexibility index (Phi) is 25.3. The van der Waals surface area contributed by atoms with Crippen LogP contribution in [0.4, 0.5) is 0 Å². The molecule has 1 atom stereocenters. The highest BCUT2D eigenvalue weighted by atomic mass is 31.2. The van der Waals surface area contributed by atoms with E-state index in [1.54, 1.807) is 13.8 Å². The van der Waals surface area contributed by atoms with Crippen LogP contribution in [0.5, 0.6) is 0 Å². The molecule has 0 spiro atoms. The molecule has 0 heterocycles. The summed E-state index contributed by atoms with van der Waals surface area (Å²) < 4.78 is 10.2. The van der Waals surface area contributed by atoms with E-state index in [1.807, 2.05) is 0 Å². The number of hydrogen-bond acceptors (Lipinski definition) is 7. The molecule has 0 saturated carbocycles. The van der Waals surface area contributed by atoms with Crippen molar-refractivity contribution in [1.82, 2.24) is 21.3 Å². The topological polar surface area (TPSA) is 86.8 Å². The summed E-state index contributed by atoms with van der Waals surface area (Å²) in [7, 11) is 0.574. The zero-order valence-electron chi connectivity index (χ0n) is 18.4. The Labute approximate surface area is 175 Å². The fourth-order valence-corrected chi connectivity index (χ4v) is 3.12. The van der Waals surface area contributed by atoms with Crippen molar-refractivity contribution in [2.24, 2.45) is 0 Å². The van der Waals surface area contributed by atoms with Crippen molar-refractivity contribution in [3.05, 3.63) is 0 Å². The van der Waals surface area contributed by atoms with Gasteiger partial charge in [-0.2, -0.15) is 0 Å². The average Bonchev–Trinajstić information content (AvgIpc) is 2.68. The molecule has 0 aromatic rings. The molecule has 170 valence electrons. The SMILES string of the molecule is COCCCCNCCCNCCCCNCCCNCCCCOP(C)O. The van der Waals surface area contributed by atoms with Crippen LogP contribution in [0.3, 0.4) is 0 Å². The van der Waals surface area contributed by atoms with Crippen LogP contribution in [0.1, 0.15) is 51.4 Å². The molecule has 0 fully saturated rings. The highest BCUT2D eigenvalue weighted by Crippen LogP contribution is 2.24. The summed E-state index contributed by atoms with van der Waals surface area (Å²) in [6.45, 7) is 12.0. The van der Waals surface area contributed by atoms with Gasteiger partial charge in [0, 0.05) is 20.4 Å². The third-order valence-corrected chi connectivity index (χ3v) is 4.91. The molecule has 0 aliphatic rings. The summed E-state index contributed by atoms with van der Waals surface area (Å²) in [5.74, 6) is 0. The lowest BCUT2D eigenvalue weighted by molar-refractivity contribution is 0.192. The van der Waals surface area contributed by atoms with Crippen molar-refractivity contribution in [1.29, 1.82) is 0 Å². The number of methoxy groups -OCH3 is 1. The Balaban J connectivity index is 2.98. The average molecular weight is 423 g/mol. The molecule has 0 aromatic heterocycles. The molecule has 0 bridgehead atoms. The summed E-state index contributed by atoms with van der Waals surface area (Å²) in [5, 5.41) is 14.0. The first kappa shape index (κ1) is 28.1. The van der Waals surface area contributed by atoms with Crippen molar-refractivity contribution in [3.63, 3.8) is 0 Å². The molecule has 1 unspecified atom stereocenters. The maximum atomic E-state index is 9.04. The standard InChI is InChI=1S/C20H47N4O3P/c1-26-19-7-5-13-23-17-9-15-21-11-3-4-12-22-16-10-18-24-14-6-8-20-27-28(2)25/h21-25H,3-20H2,1-2H3. The molecule has 5 N–H and O–H groups in total. The quantitative estimate of drug-likeness (QED) is 0.120. The molecule has 8 heteroatoms. The molecule has 7 nitrogen and oxygen atoms in total. The van der Waals surface area contributed by atoms with E-state index in [9.17, 15) is 0 Å². The minimum atomic E-state index is -1.19. The highest BCUT2D eigenvalue weighted by Gasteiger charge is 1.95. The second-order valence-electron chi connectivity index (χ2n) is 7.12. The van der Waals surface area contributed by atoms with E-state index in [2.05, 4.69) is 21.3 Å². The molecule has 0 aliphatic carbocycles. The zero-order valence-corrected chi connectivity index (χ0v) is 19.3. The Morgan fingerprint density at radius 2 is 0.929 bits per heavy atom. The number of ether oxygens (including phenoxy) is 1. The van der Waals surface area contributed by atoms with Gasteiger partial charge in [-0.1, -0.05) is 0 Å². The van der Waals surface area contributed by atoms with Crippen LogP contribution in [0, 0.1) is 0 Å². The van der Waals surface area contributed by atoms with Gasteiger partial charge >= 0.3 is 0 Å². The first-order valence-electron chi connectivity index (χ1n) is 11.1. The fraction of sp³-hybridized carbons (Fsp3) is 1.00. The van der Waals surface area contributed by atoms with Gasteiger partial charge in [-0.15, -0.1) is 0 Å². The monoisotopic (exact) mass is 422 g/mol. The zero-order chi connectivity index (χ0) is 20.5. The summed E-state index contributed by atoms with van der Waals surface area (Å²) in [4.78, 5) is 9.04. The van der Waals surface area contributed by atoms with Crippen LogP contribution >= 0.6 is 8.38 Å². The lowest BCUT2D eigenvalue weighted by Gasteiger charge is -2.08. The molecule has 28 heavy (non-hydrogen) atoms. The molecule has 0 aliphatic heterocycles. The summed E-state index contributed by atoms with van der Waals surface area (Å²) in [5.41, 5.74) is 0. The van der Waals surface area contributed by atoms with E-state index in [0.29, 0.717) is 6.61 Å². The summed E-state index contributed by atoms with van der Waals surface area (Å²) in [6, 6.07) is 0. The Hall–Kier alpha value is 0.150. The first-order valence-corrected chi connectivity index (χ1v) is 12.8. The van der Waals surface area contributed by atoms with Crippen LogP contribution in [-0.2, 0) is 9.26 Å². The van der Waals surface area contributed by atoms with Gasteiger partial charge in [0.15, 0.2) is 8.38 Å². The van der Waals surface area contributed by atoms with E-state index in [1.165, 1.54) is 32.1 Å². The third kappa shape index (κ3) is 26.1. The van der Waals surface area contributed by atoms with E-state index in [4.69, 9.17) is 14.2 Å². The molecule has 0 aromatic carbocycles. The van der Waals surface area contributed by atoms with Gasteiger partial charge in [0.2, 0.25) is 0 Å².